The van der Waals surface area contributed by atoms with Crippen molar-refractivity contribution in [2.45, 2.75) is 64.0 Å². The number of amides is 3. The molecule has 0 aliphatic carbocycles. The number of benzene rings is 2. The van der Waals surface area contributed by atoms with E-state index in [2.05, 4.69) is 31.4 Å². The van der Waals surface area contributed by atoms with E-state index in [-0.39, 0.29) is 17.7 Å². The molecule has 33 heavy (non-hydrogen) atoms. The molecule has 6 N–H and O–H groups in total. The second-order valence-corrected chi connectivity index (χ2v) is 9.29. The second kappa shape index (κ2) is 12.2. The Bertz CT molecular complexity index is 921. The lowest BCUT2D eigenvalue weighted by Crippen LogP contribution is -2.53. The van der Waals surface area contributed by atoms with Gasteiger partial charge in [-0.25, -0.2) is 0 Å². The third kappa shape index (κ3) is 8.35. The predicted octanol–water partition coefficient (Wildman–Crippen LogP) is 2.42. The highest BCUT2D eigenvalue weighted by Gasteiger charge is 2.26. The van der Waals surface area contributed by atoms with Crippen LogP contribution in [0.1, 0.15) is 61.5 Å². The summed E-state index contributed by atoms with van der Waals surface area (Å²) in [6, 6.07) is 15.1. The van der Waals surface area contributed by atoms with Crippen LogP contribution in [-0.4, -0.2) is 36.3 Å². The molecule has 0 fully saturated rings. The molecule has 2 rings (SSSR count). The molecule has 178 valence electrons. The summed E-state index contributed by atoms with van der Waals surface area (Å²) >= 11 is 0. The van der Waals surface area contributed by atoms with Gasteiger partial charge < -0.3 is 22.1 Å². The van der Waals surface area contributed by atoms with Crippen LogP contribution in [0.2, 0.25) is 0 Å². The first-order chi connectivity index (χ1) is 15.6. The summed E-state index contributed by atoms with van der Waals surface area (Å²) in [6.45, 7) is 6.81. The third-order valence-corrected chi connectivity index (χ3v) is 5.52. The van der Waals surface area contributed by atoms with Crippen molar-refractivity contribution in [1.82, 2.24) is 10.6 Å². The number of carbonyl (C=O) groups excluding carboxylic acids is 3. The quantitative estimate of drug-likeness (QED) is 0.390. The molecule has 0 aliphatic rings. The first-order valence-corrected chi connectivity index (χ1v) is 11.4. The highest BCUT2D eigenvalue weighted by molar-refractivity contribution is 5.98. The van der Waals surface area contributed by atoms with Crippen molar-refractivity contribution in [3.63, 3.8) is 0 Å². The largest absolute Gasteiger partial charge is 0.368 e. The Hall–Kier alpha value is -3.19. The fourth-order valence-corrected chi connectivity index (χ4v) is 3.47. The molecule has 0 saturated heterocycles. The number of rotatable bonds is 11. The minimum absolute atomic E-state index is 0.0294. The monoisotopic (exact) mass is 452 g/mol. The zero-order chi connectivity index (χ0) is 24.4. The van der Waals surface area contributed by atoms with Crippen LogP contribution in [0.5, 0.6) is 0 Å². The molecule has 2 aromatic carbocycles. The average Bonchev–Trinajstić information content (AvgIpc) is 2.78. The minimum Gasteiger partial charge on any atom is -0.368 e. The Labute approximate surface area is 196 Å². The molecule has 2 aromatic rings. The number of carbonyl (C=O) groups is 3. The van der Waals surface area contributed by atoms with Crippen LogP contribution in [0.25, 0.3) is 0 Å². The van der Waals surface area contributed by atoms with Gasteiger partial charge in [0.05, 0.1) is 0 Å². The topological polar surface area (TPSA) is 127 Å². The lowest BCUT2D eigenvalue weighted by atomic mass is 9.86. The third-order valence-electron chi connectivity index (χ3n) is 5.52. The van der Waals surface area contributed by atoms with Gasteiger partial charge in [-0.15, -0.1) is 0 Å². The molecule has 0 bridgehead atoms. The van der Waals surface area contributed by atoms with Crippen LogP contribution in [0, 0.1) is 0 Å². The molecule has 0 saturated carbocycles. The molecule has 0 heterocycles. The summed E-state index contributed by atoms with van der Waals surface area (Å²) in [4.78, 5) is 37.9. The predicted molar refractivity (Wildman–Crippen MR) is 131 cm³/mol. The van der Waals surface area contributed by atoms with E-state index < -0.39 is 23.9 Å². The molecule has 0 radical (unpaired) electrons. The minimum atomic E-state index is -0.862. The SMILES string of the molecule is CC(C)(C)c1ccc(C(=O)N[C@@H](Cc2ccccc2)C(=O)N[C@@H](CCCCN)C(N)=O)cc1. The van der Waals surface area contributed by atoms with E-state index in [0.717, 1.165) is 17.5 Å². The maximum Gasteiger partial charge on any atom is 0.251 e. The Morgan fingerprint density at radius 1 is 0.879 bits per heavy atom. The van der Waals surface area contributed by atoms with Gasteiger partial charge in [0.2, 0.25) is 11.8 Å². The van der Waals surface area contributed by atoms with Crippen LogP contribution in [0.4, 0.5) is 0 Å². The molecule has 7 heteroatoms. The van der Waals surface area contributed by atoms with Crippen molar-refractivity contribution in [1.29, 1.82) is 0 Å². The first kappa shape index (κ1) is 26.1. The van der Waals surface area contributed by atoms with Gasteiger partial charge in [0.25, 0.3) is 5.91 Å². The van der Waals surface area contributed by atoms with E-state index in [0.29, 0.717) is 24.9 Å². The van der Waals surface area contributed by atoms with Gasteiger partial charge in [-0.3, -0.25) is 14.4 Å². The zero-order valence-electron chi connectivity index (χ0n) is 19.8. The summed E-state index contributed by atoms with van der Waals surface area (Å²) in [5, 5.41) is 5.54. The second-order valence-electron chi connectivity index (χ2n) is 9.29. The van der Waals surface area contributed by atoms with Gasteiger partial charge in [0, 0.05) is 12.0 Å². The lowest BCUT2D eigenvalue weighted by molar-refractivity contribution is -0.128. The Morgan fingerprint density at radius 2 is 1.52 bits per heavy atom. The molecule has 0 unspecified atom stereocenters. The number of nitrogens with two attached hydrogens (primary N) is 2. The average molecular weight is 453 g/mol. The summed E-state index contributed by atoms with van der Waals surface area (Å²) in [6.07, 6.45) is 2.08. The molecule has 2 atom stereocenters. The molecule has 3 amide bonds. The molecule has 0 aliphatic heterocycles. The zero-order valence-corrected chi connectivity index (χ0v) is 19.8. The van der Waals surface area contributed by atoms with Crippen molar-refractivity contribution < 1.29 is 14.4 Å². The van der Waals surface area contributed by atoms with Gasteiger partial charge >= 0.3 is 0 Å². The van der Waals surface area contributed by atoms with Crippen LogP contribution in [-0.2, 0) is 21.4 Å². The fraction of sp³-hybridized carbons (Fsp3) is 0.423. The van der Waals surface area contributed by atoms with E-state index in [1.54, 1.807) is 12.1 Å². The van der Waals surface area contributed by atoms with Crippen molar-refractivity contribution >= 4 is 17.7 Å². The van der Waals surface area contributed by atoms with Crippen molar-refractivity contribution in [3.05, 3.63) is 71.3 Å². The van der Waals surface area contributed by atoms with Crippen molar-refractivity contribution in [2.24, 2.45) is 11.5 Å². The Balaban J connectivity index is 2.18. The van der Waals surface area contributed by atoms with Gasteiger partial charge in [-0.05, 0) is 54.5 Å². The van der Waals surface area contributed by atoms with Crippen LogP contribution < -0.4 is 22.1 Å². The van der Waals surface area contributed by atoms with E-state index >= 15 is 0 Å². The maximum absolute atomic E-state index is 13.1. The normalized spacial score (nSPS) is 13.1. The van der Waals surface area contributed by atoms with Crippen LogP contribution >= 0.6 is 0 Å². The summed E-state index contributed by atoms with van der Waals surface area (Å²) in [5.41, 5.74) is 13.4. The molecular formula is C26H36N4O3. The maximum atomic E-state index is 13.1. The Kier molecular flexibility index (Phi) is 9.60. The smallest absolute Gasteiger partial charge is 0.251 e. The summed E-state index contributed by atoms with van der Waals surface area (Å²) < 4.78 is 0. The highest BCUT2D eigenvalue weighted by atomic mass is 16.2. The Morgan fingerprint density at radius 3 is 2.06 bits per heavy atom. The van der Waals surface area contributed by atoms with Gasteiger partial charge in [-0.2, -0.15) is 0 Å². The lowest BCUT2D eigenvalue weighted by Gasteiger charge is -2.23. The van der Waals surface area contributed by atoms with E-state index in [9.17, 15) is 14.4 Å². The van der Waals surface area contributed by atoms with Gasteiger partial charge in [-0.1, -0.05) is 63.2 Å². The molecule has 7 nitrogen and oxygen atoms in total. The summed E-state index contributed by atoms with van der Waals surface area (Å²) in [7, 11) is 0. The van der Waals surface area contributed by atoms with Gasteiger partial charge in [0.15, 0.2) is 0 Å². The number of hydrogen-bond donors (Lipinski definition) is 4. The van der Waals surface area contributed by atoms with E-state index in [4.69, 9.17) is 11.5 Å². The van der Waals surface area contributed by atoms with E-state index in [1.807, 2.05) is 42.5 Å². The molecule has 0 spiro atoms. The van der Waals surface area contributed by atoms with Crippen molar-refractivity contribution in [3.8, 4) is 0 Å². The number of nitrogens with one attached hydrogen (secondary N) is 2. The molecule has 0 aromatic heterocycles. The van der Waals surface area contributed by atoms with Crippen molar-refractivity contribution in [2.75, 3.05) is 6.54 Å². The standard InChI is InChI=1S/C26H36N4O3/c1-26(2,3)20-14-12-19(13-15-20)24(32)30-22(17-18-9-5-4-6-10-18)25(33)29-21(23(28)31)11-7-8-16-27/h4-6,9-10,12-15,21-22H,7-8,11,16-17,27H2,1-3H3,(H2,28,31)(H,29,33)(H,30,32)/t21-,22-/m0/s1. The van der Waals surface area contributed by atoms with Crippen LogP contribution in [0.15, 0.2) is 54.6 Å². The van der Waals surface area contributed by atoms with E-state index in [1.165, 1.54) is 0 Å². The number of unbranched alkanes of at least 4 members (excludes halogenated alkanes) is 1. The number of hydrogen-bond acceptors (Lipinski definition) is 4. The summed E-state index contributed by atoms with van der Waals surface area (Å²) in [5.74, 6) is -1.41. The van der Waals surface area contributed by atoms with Crippen LogP contribution in [0.3, 0.4) is 0 Å². The fourth-order valence-electron chi connectivity index (χ4n) is 3.47. The molecular weight excluding hydrogens is 416 g/mol. The highest BCUT2D eigenvalue weighted by Crippen LogP contribution is 2.22. The first-order valence-electron chi connectivity index (χ1n) is 11.4. The van der Waals surface area contributed by atoms with Gasteiger partial charge in [0.1, 0.15) is 12.1 Å². The number of primary amides is 1.